The number of aryl methyl sites for hydroxylation is 2. The number of nitrogens with zero attached hydrogens (tertiary/aromatic N) is 3. The summed E-state index contributed by atoms with van der Waals surface area (Å²) in [7, 11) is 1.64. The molecule has 3 aromatic rings. The lowest BCUT2D eigenvalue weighted by Gasteiger charge is -2.11. The third-order valence-electron chi connectivity index (χ3n) is 4.92. The van der Waals surface area contributed by atoms with Crippen LogP contribution in [0.15, 0.2) is 28.2 Å². The van der Waals surface area contributed by atoms with Crippen molar-refractivity contribution in [3.05, 3.63) is 54.1 Å². The first-order chi connectivity index (χ1) is 14.3. The molecular formula is C19H17ClN4O4S2. The lowest BCUT2D eigenvalue weighted by atomic mass is 9.97. The van der Waals surface area contributed by atoms with Crippen LogP contribution in [0.25, 0.3) is 10.2 Å². The maximum atomic E-state index is 12.9. The van der Waals surface area contributed by atoms with Crippen LogP contribution in [-0.2, 0) is 24.7 Å². The average Bonchev–Trinajstić information content (AvgIpc) is 3.09. The van der Waals surface area contributed by atoms with Gasteiger partial charge in [0.15, 0.2) is 5.16 Å². The Morgan fingerprint density at radius 2 is 2.17 bits per heavy atom. The van der Waals surface area contributed by atoms with Crippen molar-refractivity contribution in [2.75, 3.05) is 11.1 Å². The molecule has 0 bridgehead atoms. The summed E-state index contributed by atoms with van der Waals surface area (Å²) in [5.41, 5.74) is 0.810. The second-order valence-corrected chi connectivity index (χ2v) is 9.37. The third kappa shape index (κ3) is 3.94. The van der Waals surface area contributed by atoms with Gasteiger partial charge in [-0.3, -0.25) is 24.3 Å². The lowest BCUT2D eigenvalue weighted by molar-refractivity contribution is -0.383. The Bertz CT molecular complexity index is 1240. The van der Waals surface area contributed by atoms with Gasteiger partial charge in [-0.05, 0) is 43.4 Å². The first-order valence-corrected chi connectivity index (χ1v) is 11.4. The summed E-state index contributed by atoms with van der Waals surface area (Å²) in [6, 6.07) is 4.04. The van der Waals surface area contributed by atoms with Crippen molar-refractivity contribution in [3.63, 3.8) is 0 Å². The lowest BCUT2D eigenvalue weighted by Crippen LogP contribution is -2.22. The molecule has 0 aliphatic heterocycles. The molecule has 1 amide bonds. The van der Waals surface area contributed by atoms with Crippen molar-refractivity contribution in [1.82, 2.24) is 9.55 Å². The highest BCUT2D eigenvalue weighted by molar-refractivity contribution is 7.99. The van der Waals surface area contributed by atoms with Crippen molar-refractivity contribution < 1.29 is 9.72 Å². The number of carbonyl (C=O) groups is 1. The van der Waals surface area contributed by atoms with Crippen LogP contribution in [0.3, 0.4) is 0 Å². The third-order valence-corrected chi connectivity index (χ3v) is 7.37. The smallest absolute Gasteiger partial charge is 0.294 e. The molecule has 0 saturated carbocycles. The van der Waals surface area contributed by atoms with Gasteiger partial charge in [0.25, 0.3) is 11.2 Å². The second kappa shape index (κ2) is 8.37. The minimum absolute atomic E-state index is 0.0450. The summed E-state index contributed by atoms with van der Waals surface area (Å²) in [4.78, 5) is 42.4. The number of aromatic nitrogens is 2. The number of thioether (sulfide) groups is 1. The fraction of sp³-hybridized carbons (Fsp3) is 0.316. The van der Waals surface area contributed by atoms with Crippen LogP contribution in [0.4, 0.5) is 11.4 Å². The summed E-state index contributed by atoms with van der Waals surface area (Å²) in [6.45, 7) is 0. The van der Waals surface area contributed by atoms with E-state index in [1.165, 1.54) is 27.6 Å². The molecule has 0 spiro atoms. The van der Waals surface area contributed by atoms with E-state index in [9.17, 15) is 19.7 Å². The predicted molar refractivity (Wildman–Crippen MR) is 119 cm³/mol. The average molecular weight is 465 g/mol. The van der Waals surface area contributed by atoms with Crippen molar-refractivity contribution in [1.29, 1.82) is 0 Å². The van der Waals surface area contributed by atoms with Gasteiger partial charge in [-0.1, -0.05) is 23.4 Å². The molecule has 0 radical (unpaired) electrons. The Hall–Kier alpha value is -2.43. The van der Waals surface area contributed by atoms with Crippen LogP contribution >= 0.6 is 34.7 Å². The van der Waals surface area contributed by atoms with Gasteiger partial charge in [0, 0.05) is 23.0 Å². The van der Waals surface area contributed by atoms with Crippen LogP contribution in [0.2, 0.25) is 5.02 Å². The summed E-state index contributed by atoms with van der Waals surface area (Å²) < 4.78 is 1.46. The number of rotatable bonds is 5. The highest BCUT2D eigenvalue weighted by Crippen LogP contribution is 2.34. The van der Waals surface area contributed by atoms with Gasteiger partial charge < -0.3 is 5.32 Å². The predicted octanol–water partition coefficient (Wildman–Crippen LogP) is 4.17. The minimum Gasteiger partial charge on any atom is -0.320 e. The first-order valence-electron chi connectivity index (χ1n) is 9.23. The SMILES string of the molecule is Cn1c(SCC(=O)Nc2ccc(Cl)cc2[N+](=O)[O-])nc2sc3c(c2c1=O)CCCC3. The molecule has 1 aliphatic rings. The first kappa shape index (κ1) is 20.8. The van der Waals surface area contributed by atoms with Crippen molar-refractivity contribution >= 4 is 62.2 Å². The van der Waals surface area contributed by atoms with Gasteiger partial charge in [0.2, 0.25) is 5.91 Å². The molecule has 0 fully saturated rings. The Morgan fingerprint density at radius 3 is 2.93 bits per heavy atom. The Kier molecular flexibility index (Phi) is 5.81. The topological polar surface area (TPSA) is 107 Å². The van der Waals surface area contributed by atoms with Crippen LogP contribution < -0.4 is 10.9 Å². The van der Waals surface area contributed by atoms with Gasteiger partial charge >= 0.3 is 0 Å². The van der Waals surface area contributed by atoms with E-state index in [0.717, 1.165) is 43.0 Å². The van der Waals surface area contributed by atoms with E-state index in [-0.39, 0.29) is 27.7 Å². The largest absolute Gasteiger partial charge is 0.320 e. The van der Waals surface area contributed by atoms with E-state index in [1.54, 1.807) is 18.4 Å². The number of halogens is 1. The van der Waals surface area contributed by atoms with Gasteiger partial charge in [-0.25, -0.2) is 4.98 Å². The number of nitro groups is 1. The summed E-state index contributed by atoms with van der Waals surface area (Å²) in [6.07, 6.45) is 4.08. The number of hydrogen-bond acceptors (Lipinski definition) is 7. The van der Waals surface area contributed by atoms with Crippen molar-refractivity contribution in [2.45, 2.75) is 30.8 Å². The van der Waals surface area contributed by atoms with Crippen LogP contribution in [0.5, 0.6) is 0 Å². The fourth-order valence-electron chi connectivity index (χ4n) is 3.47. The van der Waals surface area contributed by atoms with E-state index >= 15 is 0 Å². The zero-order valence-corrected chi connectivity index (χ0v) is 18.3. The summed E-state index contributed by atoms with van der Waals surface area (Å²) >= 11 is 8.47. The zero-order valence-electron chi connectivity index (χ0n) is 15.9. The minimum atomic E-state index is -0.605. The molecule has 8 nitrogen and oxygen atoms in total. The highest BCUT2D eigenvalue weighted by atomic mass is 35.5. The maximum Gasteiger partial charge on any atom is 0.294 e. The van der Waals surface area contributed by atoms with E-state index < -0.39 is 10.8 Å². The Labute approximate surface area is 184 Å². The summed E-state index contributed by atoms with van der Waals surface area (Å²) in [5, 5.41) is 15.0. The van der Waals surface area contributed by atoms with E-state index in [0.29, 0.717) is 15.4 Å². The molecule has 156 valence electrons. The molecule has 0 unspecified atom stereocenters. The van der Waals surface area contributed by atoms with Crippen LogP contribution in [0, 0.1) is 10.1 Å². The molecule has 30 heavy (non-hydrogen) atoms. The number of thiophene rings is 1. The molecule has 1 N–H and O–H groups in total. The molecule has 0 saturated heterocycles. The summed E-state index contributed by atoms with van der Waals surface area (Å²) in [5.74, 6) is -0.485. The Balaban J connectivity index is 1.54. The standard InChI is InChI=1S/C19H17ClN4O4S2/c1-23-18(26)16-11-4-2-3-5-14(11)30-17(16)22-19(23)29-9-15(25)21-12-7-6-10(20)8-13(12)24(27)28/h6-8H,2-5,9H2,1H3,(H,21,25). The molecule has 0 atom stereocenters. The van der Waals surface area contributed by atoms with Crippen molar-refractivity contribution in [3.8, 4) is 0 Å². The van der Waals surface area contributed by atoms with E-state index in [4.69, 9.17) is 11.6 Å². The molecule has 2 heterocycles. The zero-order chi connectivity index (χ0) is 21.4. The normalized spacial score (nSPS) is 13.3. The number of nitro benzene ring substituents is 1. The van der Waals surface area contributed by atoms with E-state index in [1.807, 2.05) is 0 Å². The molecule has 11 heteroatoms. The van der Waals surface area contributed by atoms with Crippen LogP contribution in [-0.4, -0.2) is 26.1 Å². The second-order valence-electron chi connectivity index (χ2n) is 6.91. The monoisotopic (exact) mass is 464 g/mol. The van der Waals surface area contributed by atoms with Gasteiger partial charge in [0.1, 0.15) is 10.5 Å². The molecule has 2 aromatic heterocycles. The van der Waals surface area contributed by atoms with Gasteiger partial charge in [0.05, 0.1) is 16.1 Å². The van der Waals surface area contributed by atoms with Gasteiger partial charge in [-0.15, -0.1) is 11.3 Å². The number of anilines is 1. The quantitative estimate of drug-likeness (QED) is 0.263. The Morgan fingerprint density at radius 1 is 1.40 bits per heavy atom. The molecule has 4 rings (SSSR count). The van der Waals surface area contributed by atoms with E-state index in [2.05, 4.69) is 10.3 Å². The number of fused-ring (bicyclic) bond motifs is 3. The fourth-order valence-corrected chi connectivity index (χ4v) is 5.71. The number of amides is 1. The maximum absolute atomic E-state index is 12.9. The molecule has 1 aliphatic carbocycles. The number of benzene rings is 1. The molecular weight excluding hydrogens is 448 g/mol. The van der Waals surface area contributed by atoms with Gasteiger partial charge in [-0.2, -0.15) is 0 Å². The highest BCUT2D eigenvalue weighted by Gasteiger charge is 2.22. The van der Waals surface area contributed by atoms with Crippen molar-refractivity contribution in [2.24, 2.45) is 7.05 Å². The number of hydrogen-bond donors (Lipinski definition) is 1. The van der Waals surface area contributed by atoms with Crippen LogP contribution in [0.1, 0.15) is 23.3 Å². The number of carbonyl (C=O) groups excluding carboxylic acids is 1. The number of nitrogens with one attached hydrogen (secondary N) is 1. The molecule has 1 aromatic carbocycles.